The first-order valence-corrected chi connectivity index (χ1v) is 6.67. The Hall–Kier alpha value is -1.51. The summed E-state index contributed by atoms with van der Waals surface area (Å²) in [5.41, 5.74) is 2.41. The van der Waals surface area contributed by atoms with Crippen LogP contribution in [0.25, 0.3) is 0 Å². The molecule has 0 spiro atoms. The monoisotopic (exact) mass is 261 g/mol. The van der Waals surface area contributed by atoms with Gasteiger partial charge in [-0.15, -0.1) is 0 Å². The molecule has 0 aliphatic carbocycles. The van der Waals surface area contributed by atoms with E-state index in [1.807, 2.05) is 32.9 Å². The number of benzene rings is 1. The number of rotatable bonds is 1. The fraction of sp³-hybridized carbons (Fsp3) is 0.562. The Balaban J connectivity index is 2.57. The molecule has 0 radical (unpaired) electrons. The molecule has 0 fully saturated rings. The van der Waals surface area contributed by atoms with Crippen molar-refractivity contribution in [2.75, 3.05) is 6.61 Å². The van der Waals surface area contributed by atoms with Crippen LogP contribution in [0.5, 0.6) is 5.75 Å². The standard InChI is InChI=1S/C16H23NO2/c1-10-7-11(14-17-16(5,6)9-19-14)13(18)12(8-10)15(2,3)4/h7-8,18H,9H2,1-6H3. The normalized spacial score (nSPS) is 18.1. The van der Waals surface area contributed by atoms with E-state index >= 15 is 0 Å². The number of aromatic hydroxyl groups is 1. The van der Waals surface area contributed by atoms with Crippen LogP contribution in [0.2, 0.25) is 0 Å². The third-order valence-corrected chi connectivity index (χ3v) is 3.26. The maximum atomic E-state index is 10.5. The van der Waals surface area contributed by atoms with Crippen LogP contribution < -0.4 is 0 Å². The van der Waals surface area contributed by atoms with Crippen molar-refractivity contribution < 1.29 is 9.84 Å². The molecule has 1 aliphatic heterocycles. The second kappa shape index (κ2) is 4.26. The van der Waals surface area contributed by atoms with Gasteiger partial charge >= 0.3 is 0 Å². The Morgan fingerprint density at radius 3 is 2.37 bits per heavy atom. The van der Waals surface area contributed by atoms with Crippen LogP contribution in [-0.4, -0.2) is 23.2 Å². The van der Waals surface area contributed by atoms with Gasteiger partial charge in [0.25, 0.3) is 0 Å². The van der Waals surface area contributed by atoms with Gasteiger partial charge in [0.05, 0.1) is 11.1 Å². The zero-order valence-electron chi connectivity index (χ0n) is 12.7. The van der Waals surface area contributed by atoms with Crippen LogP contribution in [0.1, 0.15) is 51.3 Å². The fourth-order valence-electron chi connectivity index (χ4n) is 2.24. The molecule has 0 bridgehead atoms. The molecule has 1 aromatic rings. The Morgan fingerprint density at radius 2 is 1.89 bits per heavy atom. The molecule has 1 aromatic carbocycles. The van der Waals surface area contributed by atoms with Crippen molar-refractivity contribution in [3.8, 4) is 5.75 Å². The molecule has 1 aliphatic rings. The van der Waals surface area contributed by atoms with Crippen LogP contribution >= 0.6 is 0 Å². The zero-order valence-corrected chi connectivity index (χ0v) is 12.7. The molecule has 0 atom stereocenters. The molecule has 104 valence electrons. The van der Waals surface area contributed by atoms with Gasteiger partial charge in [0.1, 0.15) is 12.4 Å². The molecule has 1 heterocycles. The second-order valence-corrected chi connectivity index (χ2v) is 6.98. The number of nitrogens with zero attached hydrogens (tertiary/aromatic N) is 1. The van der Waals surface area contributed by atoms with Gasteiger partial charge in [0.2, 0.25) is 5.90 Å². The largest absolute Gasteiger partial charge is 0.507 e. The Labute approximate surface area is 115 Å². The van der Waals surface area contributed by atoms with E-state index in [0.29, 0.717) is 18.1 Å². The summed E-state index contributed by atoms with van der Waals surface area (Å²) in [6.45, 7) is 12.9. The Kier molecular flexibility index (Phi) is 3.12. The number of hydrogen-bond donors (Lipinski definition) is 1. The van der Waals surface area contributed by atoms with E-state index in [2.05, 4.69) is 25.8 Å². The molecule has 0 aromatic heterocycles. The van der Waals surface area contributed by atoms with Crippen LogP contribution in [0, 0.1) is 6.92 Å². The van der Waals surface area contributed by atoms with E-state index < -0.39 is 0 Å². The molecule has 3 heteroatoms. The topological polar surface area (TPSA) is 41.8 Å². The first-order chi connectivity index (χ1) is 8.60. The number of ether oxygens (including phenoxy) is 1. The van der Waals surface area contributed by atoms with E-state index in [9.17, 15) is 5.11 Å². The van der Waals surface area contributed by atoms with E-state index in [1.54, 1.807) is 0 Å². The van der Waals surface area contributed by atoms with Crippen molar-refractivity contribution in [2.24, 2.45) is 4.99 Å². The number of aliphatic imine (C=N–C) groups is 1. The van der Waals surface area contributed by atoms with E-state index in [1.165, 1.54) is 0 Å². The average Bonchev–Trinajstić information content (AvgIpc) is 2.60. The van der Waals surface area contributed by atoms with Gasteiger partial charge in [-0.3, -0.25) is 0 Å². The number of phenols is 1. The fourth-order valence-corrected chi connectivity index (χ4v) is 2.24. The quantitative estimate of drug-likeness (QED) is 0.840. The van der Waals surface area contributed by atoms with Crippen LogP contribution in [0.4, 0.5) is 0 Å². The van der Waals surface area contributed by atoms with Gasteiger partial charge in [-0.05, 0) is 37.8 Å². The highest BCUT2D eigenvalue weighted by atomic mass is 16.5. The lowest BCUT2D eigenvalue weighted by Crippen LogP contribution is -2.17. The van der Waals surface area contributed by atoms with Crippen LogP contribution in [0.3, 0.4) is 0 Å². The SMILES string of the molecule is Cc1cc(C2=NC(C)(C)CO2)c(O)c(C(C)(C)C)c1. The summed E-state index contributed by atoms with van der Waals surface area (Å²) in [7, 11) is 0. The first kappa shape index (κ1) is 13.9. The zero-order chi connectivity index (χ0) is 14.4. The summed E-state index contributed by atoms with van der Waals surface area (Å²) >= 11 is 0. The summed E-state index contributed by atoms with van der Waals surface area (Å²) in [5, 5.41) is 10.5. The van der Waals surface area contributed by atoms with Crippen molar-refractivity contribution in [3.05, 3.63) is 28.8 Å². The number of hydrogen-bond acceptors (Lipinski definition) is 3. The predicted octanol–water partition coefficient (Wildman–Crippen LogP) is 3.55. The molecule has 3 nitrogen and oxygen atoms in total. The van der Waals surface area contributed by atoms with Gasteiger partial charge in [-0.2, -0.15) is 0 Å². The summed E-state index contributed by atoms with van der Waals surface area (Å²) in [4.78, 5) is 4.55. The third-order valence-electron chi connectivity index (χ3n) is 3.26. The summed E-state index contributed by atoms with van der Waals surface area (Å²) < 4.78 is 5.65. The smallest absolute Gasteiger partial charge is 0.220 e. The molecule has 0 amide bonds. The first-order valence-electron chi connectivity index (χ1n) is 6.67. The maximum absolute atomic E-state index is 10.5. The molecule has 0 saturated carbocycles. The van der Waals surface area contributed by atoms with E-state index in [-0.39, 0.29) is 16.7 Å². The van der Waals surface area contributed by atoms with Crippen molar-refractivity contribution in [2.45, 2.75) is 52.5 Å². The van der Waals surface area contributed by atoms with E-state index in [0.717, 1.165) is 11.1 Å². The Morgan fingerprint density at radius 1 is 1.26 bits per heavy atom. The van der Waals surface area contributed by atoms with Crippen molar-refractivity contribution in [1.29, 1.82) is 0 Å². The van der Waals surface area contributed by atoms with Gasteiger partial charge in [-0.1, -0.05) is 26.8 Å². The highest BCUT2D eigenvalue weighted by molar-refractivity contribution is 5.98. The molecule has 2 rings (SSSR count). The van der Waals surface area contributed by atoms with Gasteiger partial charge in [-0.25, -0.2) is 4.99 Å². The van der Waals surface area contributed by atoms with Gasteiger partial charge in [0, 0.05) is 5.56 Å². The molecule has 1 N–H and O–H groups in total. The molecule has 0 unspecified atom stereocenters. The molecule has 0 saturated heterocycles. The lowest BCUT2D eigenvalue weighted by atomic mass is 9.84. The summed E-state index contributed by atoms with van der Waals surface area (Å²) in [6, 6.07) is 3.96. The Bertz CT molecular complexity index is 536. The van der Waals surface area contributed by atoms with Gasteiger partial charge < -0.3 is 9.84 Å². The lowest BCUT2D eigenvalue weighted by molar-refractivity contribution is 0.278. The summed E-state index contributed by atoms with van der Waals surface area (Å²) in [6.07, 6.45) is 0. The minimum Gasteiger partial charge on any atom is -0.507 e. The predicted molar refractivity (Wildman–Crippen MR) is 78.1 cm³/mol. The highest BCUT2D eigenvalue weighted by Gasteiger charge is 2.30. The summed E-state index contributed by atoms with van der Waals surface area (Å²) in [5.74, 6) is 0.839. The minimum atomic E-state index is -0.215. The highest BCUT2D eigenvalue weighted by Crippen LogP contribution is 2.36. The number of phenolic OH excluding ortho intramolecular Hbond substituents is 1. The lowest BCUT2D eigenvalue weighted by Gasteiger charge is -2.22. The number of aryl methyl sites for hydroxylation is 1. The molecule has 19 heavy (non-hydrogen) atoms. The van der Waals surface area contributed by atoms with Crippen LogP contribution in [0.15, 0.2) is 17.1 Å². The van der Waals surface area contributed by atoms with Crippen molar-refractivity contribution in [1.82, 2.24) is 0 Å². The molecular weight excluding hydrogens is 238 g/mol. The maximum Gasteiger partial charge on any atom is 0.220 e. The molecular formula is C16H23NO2. The van der Waals surface area contributed by atoms with Crippen molar-refractivity contribution >= 4 is 5.90 Å². The van der Waals surface area contributed by atoms with E-state index in [4.69, 9.17) is 4.74 Å². The van der Waals surface area contributed by atoms with Crippen molar-refractivity contribution in [3.63, 3.8) is 0 Å². The van der Waals surface area contributed by atoms with Gasteiger partial charge in [0.15, 0.2) is 0 Å². The minimum absolute atomic E-state index is 0.112. The average molecular weight is 261 g/mol. The van der Waals surface area contributed by atoms with Crippen LogP contribution in [-0.2, 0) is 10.2 Å². The third kappa shape index (κ3) is 2.75. The second-order valence-electron chi connectivity index (χ2n) is 6.98.